The standard InChI is InChI=1S/C12H8N6/c1-2-11-15-7-17-18(11)5-8(1)9-4-14-12-10(9)3-13-6-16-12/h1-7H,(H,13,14,16). The van der Waals surface area contributed by atoms with E-state index in [0.717, 1.165) is 27.8 Å². The van der Waals surface area contributed by atoms with E-state index in [2.05, 4.69) is 25.0 Å². The quantitative estimate of drug-likeness (QED) is 0.545. The van der Waals surface area contributed by atoms with Gasteiger partial charge in [0.25, 0.3) is 0 Å². The minimum Gasteiger partial charge on any atom is -0.345 e. The zero-order valence-electron chi connectivity index (χ0n) is 9.28. The van der Waals surface area contributed by atoms with E-state index in [4.69, 9.17) is 0 Å². The number of hydrogen-bond donors (Lipinski definition) is 1. The molecule has 4 rings (SSSR count). The van der Waals surface area contributed by atoms with Crippen molar-refractivity contribution < 1.29 is 0 Å². The van der Waals surface area contributed by atoms with Crippen LogP contribution in [0, 0.1) is 0 Å². The number of nitrogens with one attached hydrogen (secondary N) is 1. The van der Waals surface area contributed by atoms with Crippen LogP contribution in [0.4, 0.5) is 0 Å². The predicted octanol–water partition coefficient (Wildman–Crippen LogP) is 1.67. The van der Waals surface area contributed by atoms with Gasteiger partial charge in [0.1, 0.15) is 18.3 Å². The van der Waals surface area contributed by atoms with Gasteiger partial charge in [-0.05, 0) is 12.1 Å². The van der Waals surface area contributed by atoms with Gasteiger partial charge in [0.05, 0.1) is 0 Å². The minimum atomic E-state index is 0.829. The Labute approximate surface area is 101 Å². The highest BCUT2D eigenvalue weighted by Crippen LogP contribution is 2.26. The summed E-state index contributed by atoms with van der Waals surface area (Å²) in [7, 11) is 0. The molecule has 0 unspecified atom stereocenters. The molecule has 0 radical (unpaired) electrons. The van der Waals surface area contributed by atoms with Crippen LogP contribution in [0.3, 0.4) is 0 Å². The van der Waals surface area contributed by atoms with Crippen molar-refractivity contribution in [3.05, 3.63) is 43.4 Å². The minimum absolute atomic E-state index is 0.829. The van der Waals surface area contributed by atoms with Crippen molar-refractivity contribution in [2.75, 3.05) is 0 Å². The van der Waals surface area contributed by atoms with E-state index in [-0.39, 0.29) is 0 Å². The van der Waals surface area contributed by atoms with E-state index in [0.29, 0.717) is 0 Å². The molecule has 0 fully saturated rings. The van der Waals surface area contributed by atoms with E-state index in [1.807, 2.05) is 24.5 Å². The van der Waals surface area contributed by atoms with Crippen LogP contribution < -0.4 is 0 Å². The third-order valence-electron chi connectivity index (χ3n) is 2.94. The molecule has 0 spiro atoms. The highest BCUT2D eigenvalue weighted by molar-refractivity contribution is 5.92. The molecular formula is C12H8N6. The Kier molecular flexibility index (Phi) is 1.74. The lowest BCUT2D eigenvalue weighted by Crippen LogP contribution is -1.88. The van der Waals surface area contributed by atoms with Crippen LogP contribution >= 0.6 is 0 Å². The number of fused-ring (bicyclic) bond motifs is 2. The summed E-state index contributed by atoms with van der Waals surface area (Å²) in [6.45, 7) is 0. The molecule has 1 N–H and O–H groups in total. The van der Waals surface area contributed by atoms with Crippen LogP contribution in [0.5, 0.6) is 0 Å². The van der Waals surface area contributed by atoms with Crippen molar-refractivity contribution in [1.29, 1.82) is 0 Å². The van der Waals surface area contributed by atoms with Gasteiger partial charge in [0, 0.05) is 35.1 Å². The summed E-state index contributed by atoms with van der Waals surface area (Å²) in [6, 6.07) is 3.95. The number of pyridine rings is 1. The third-order valence-corrected chi connectivity index (χ3v) is 2.94. The molecule has 4 heterocycles. The molecule has 0 saturated heterocycles. The first-order chi connectivity index (χ1) is 8.92. The Morgan fingerprint density at radius 2 is 2.11 bits per heavy atom. The summed E-state index contributed by atoms with van der Waals surface area (Å²) < 4.78 is 1.75. The monoisotopic (exact) mass is 236 g/mol. The van der Waals surface area contributed by atoms with Crippen LogP contribution in [-0.2, 0) is 0 Å². The number of hydrogen-bond acceptors (Lipinski definition) is 4. The smallest absolute Gasteiger partial charge is 0.155 e. The van der Waals surface area contributed by atoms with Gasteiger partial charge in [-0.2, -0.15) is 5.10 Å². The summed E-state index contributed by atoms with van der Waals surface area (Å²) in [4.78, 5) is 15.5. The first kappa shape index (κ1) is 9.29. The van der Waals surface area contributed by atoms with Gasteiger partial charge in [-0.25, -0.2) is 19.5 Å². The Hall–Kier alpha value is -2.76. The number of aromatic nitrogens is 6. The molecule has 6 nitrogen and oxygen atoms in total. The maximum Gasteiger partial charge on any atom is 0.155 e. The summed E-state index contributed by atoms with van der Waals surface area (Å²) in [5, 5.41) is 5.13. The average molecular weight is 236 g/mol. The van der Waals surface area contributed by atoms with Crippen LogP contribution in [-0.4, -0.2) is 29.5 Å². The largest absolute Gasteiger partial charge is 0.345 e. The van der Waals surface area contributed by atoms with Crippen LogP contribution in [0.1, 0.15) is 0 Å². The topological polar surface area (TPSA) is 71.8 Å². The van der Waals surface area contributed by atoms with Crippen molar-refractivity contribution in [1.82, 2.24) is 29.5 Å². The Morgan fingerprint density at radius 1 is 1.11 bits per heavy atom. The van der Waals surface area contributed by atoms with Crippen molar-refractivity contribution >= 4 is 16.7 Å². The van der Waals surface area contributed by atoms with Crippen LogP contribution in [0.15, 0.2) is 43.4 Å². The predicted molar refractivity (Wildman–Crippen MR) is 65.9 cm³/mol. The average Bonchev–Trinajstić information content (AvgIpc) is 3.04. The molecule has 86 valence electrons. The van der Waals surface area contributed by atoms with Gasteiger partial charge in [0.15, 0.2) is 5.65 Å². The maximum atomic E-state index is 4.18. The number of aromatic amines is 1. The highest BCUT2D eigenvalue weighted by atomic mass is 15.3. The van der Waals surface area contributed by atoms with E-state index in [1.54, 1.807) is 10.7 Å². The van der Waals surface area contributed by atoms with Gasteiger partial charge >= 0.3 is 0 Å². The van der Waals surface area contributed by atoms with E-state index in [9.17, 15) is 0 Å². The highest BCUT2D eigenvalue weighted by Gasteiger charge is 2.07. The van der Waals surface area contributed by atoms with Crippen LogP contribution in [0.25, 0.3) is 27.8 Å². The van der Waals surface area contributed by atoms with E-state index in [1.165, 1.54) is 12.7 Å². The number of H-pyrrole nitrogens is 1. The fourth-order valence-corrected chi connectivity index (χ4v) is 2.08. The van der Waals surface area contributed by atoms with Gasteiger partial charge in [-0.3, -0.25) is 0 Å². The van der Waals surface area contributed by atoms with Crippen molar-refractivity contribution in [2.45, 2.75) is 0 Å². The molecule has 4 aromatic rings. The van der Waals surface area contributed by atoms with E-state index < -0.39 is 0 Å². The van der Waals surface area contributed by atoms with Gasteiger partial charge in [-0.15, -0.1) is 0 Å². The zero-order valence-corrected chi connectivity index (χ0v) is 9.28. The lowest BCUT2D eigenvalue weighted by Gasteiger charge is -1.99. The summed E-state index contributed by atoms with van der Waals surface area (Å²) in [5.41, 5.74) is 3.77. The summed E-state index contributed by atoms with van der Waals surface area (Å²) in [6.07, 6.45) is 8.75. The lowest BCUT2D eigenvalue weighted by molar-refractivity contribution is 0.963. The Balaban J connectivity index is 2.00. The lowest BCUT2D eigenvalue weighted by atomic mass is 10.1. The second kappa shape index (κ2) is 3.36. The molecule has 0 aliphatic carbocycles. The molecule has 0 aliphatic heterocycles. The normalized spacial score (nSPS) is 11.3. The molecule has 0 aromatic carbocycles. The summed E-state index contributed by atoms with van der Waals surface area (Å²) >= 11 is 0. The molecular weight excluding hydrogens is 228 g/mol. The maximum absolute atomic E-state index is 4.18. The van der Waals surface area contributed by atoms with Crippen molar-refractivity contribution in [2.24, 2.45) is 0 Å². The summed E-state index contributed by atoms with van der Waals surface area (Å²) in [5.74, 6) is 0. The molecule has 18 heavy (non-hydrogen) atoms. The molecule has 0 atom stereocenters. The second-order valence-electron chi connectivity index (χ2n) is 3.97. The fraction of sp³-hybridized carbons (Fsp3) is 0. The van der Waals surface area contributed by atoms with Crippen molar-refractivity contribution in [3.8, 4) is 11.1 Å². The van der Waals surface area contributed by atoms with Gasteiger partial charge in [-0.1, -0.05) is 0 Å². The molecule has 0 amide bonds. The SMILES string of the molecule is c1ncc2c(-c3ccc4ncnn4c3)c[nH]c2n1. The molecule has 4 aromatic heterocycles. The first-order valence-electron chi connectivity index (χ1n) is 5.49. The fourth-order valence-electron chi connectivity index (χ4n) is 2.08. The molecule has 0 saturated carbocycles. The first-order valence-corrected chi connectivity index (χ1v) is 5.49. The Bertz CT molecular complexity index is 844. The second-order valence-corrected chi connectivity index (χ2v) is 3.97. The van der Waals surface area contributed by atoms with Crippen molar-refractivity contribution in [3.63, 3.8) is 0 Å². The van der Waals surface area contributed by atoms with Gasteiger partial charge < -0.3 is 4.98 Å². The Morgan fingerprint density at radius 3 is 3.11 bits per heavy atom. The number of nitrogens with zero attached hydrogens (tertiary/aromatic N) is 5. The number of rotatable bonds is 1. The molecule has 0 bridgehead atoms. The molecule has 6 heteroatoms. The van der Waals surface area contributed by atoms with Crippen LogP contribution in [0.2, 0.25) is 0 Å². The van der Waals surface area contributed by atoms with E-state index >= 15 is 0 Å². The van der Waals surface area contributed by atoms with Gasteiger partial charge in [0.2, 0.25) is 0 Å². The molecule has 0 aliphatic rings. The zero-order chi connectivity index (χ0) is 11.9. The third kappa shape index (κ3) is 1.22.